The maximum Gasteiger partial charge on any atom is 0.239 e. The smallest absolute Gasteiger partial charge is 0.239 e. The number of thiazole rings is 1. The SMILES string of the molecule is COc1ccc(SCC(=O)N(Cc2cccnc2)c2nc3c(F)cc(F)cc3s2)cc1. The lowest BCUT2D eigenvalue weighted by Crippen LogP contribution is -2.31. The van der Waals surface area contributed by atoms with E-state index in [0.29, 0.717) is 9.83 Å². The Labute approximate surface area is 185 Å². The molecule has 31 heavy (non-hydrogen) atoms. The standard InChI is InChI=1S/C22H17F2N3O2S2/c1-29-16-4-6-17(7-5-16)30-13-20(28)27(12-14-3-2-8-25-11-14)22-26-21-18(24)9-15(23)10-19(21)31-22/h2-11H,12-13H2,1H3. The lowest BCUT2D eigenvalue weighted by Gasteiger charge is -2.19. The molecule has 2 aromatic heterocycles. The normalized spacial score (nSPS) is 10.9. The number of thioether (sulfide) groups is 1. The van der Waals surface area contributed by atoms with Crippen LogP contribution in [-0.2, 0) is 11.3 Å². The Morgan fingerprint density at radius 3 is 2.71 bits per heavy atom. The molecular weight excluding hydrogens is 440 g/mol. The summed E-state index contributed by atoms with van der Waals surface area (Å²) in [5.74, 6) is -0.749. The Balaban J connectivity index is 1.60. The first-order chi connectivity index (χ1) is 15.0. The van der Waals surface area contributed by atoms with Crippen LogP contribution < -0.4 is 9.64 Å². The quantitative estimate of drug-likeness (QED) is 0.352. The van der Waals surface area contributed by atoms with Crippen LogP contribution in [0.4, 0.5) is 13.9 Å². The van der Waals surface area contributed by atoms with Gasteiger partial charge < -0.3 is 4.74 Å². The van der Waals surface area contributed by atoms with Crippen LogP contribution in [0, 0.1) is 11.6 Å². The van der Waals surface area contributed by atoms with Gasteiger partial charge in [0.1, 0.15) is 17.1 Å². The molecule has 0 spiro atoms. The van der Waals surface area contributed by atoms with E-state index in [4.69, 9.17) is 4.74 Å². The Hall–Kier alpha value is -3.04. The van der Waals surface area contributed by atoms with E-state index >= 15 is 0 Å². The molecule has 0 radical (unpaired) electrons. The number of nitrogens with zero attached hydrogens (tertiary/aromatic N) is 3. The van der Waals surface area contributed by atoms with Gasteiger partial charge in [0.25, 0.3) is 0 Å². The molecule has 4 aromatic rings. The van der Waals surface area contributed by atoms with Gasteiger partial charge in [-0.15, -0.1) is 11.8 Å². The average Bonchev–Trinajstić information content (AvgIpc) is 3.21. The fraction of sp³-hybridized carbons (Fsp3) is 0.136. The molecule has 0 aliphatic rings. The van der Waals surface area contributed by atoms with E-state index in [1.54, 1.807) is 25.6 Å². The minimum absolute atomic E-state index is 0.0493. The molecule has 5 nitrogen and oxygen atoms in total. The van der Waals surface area contributed by atoms with Crippen LogP contribution >= 0.6 is 23.1 Å². The molecule has 0 unspecified atom stereocenters. The van der Waals surface area contributed by atoms with E-state index in [1.807, 2.05) is 30.3 Å². The summed E-state index contributed by atoms with van der Waals surface area (Å²) in [4.78, 5) is 23.9. The molecule has 2 heterocycles. The highest BCUT2D eigenvalue weighted by Crippen LogP contribution is 2.33. The van der Waals surface area contributed by atoms with Gasteiger partial charge in [-0.25, -0.2) is 13.8 Å². The van der Waals surface area contributed by atoms with Gasteiger partial charge in [-0.05, 0) is 42.0 Å². The second-order valence-electron chi connectivity index (χ2n) is 6.54. The molecular formula is C22H17F2N3O2S2. The van der Waals surface area contributed by atoms with Crippen LogP contribution in [-0.4, -0.2) is 28.7 Å². The molecule has 9 heteroatoms. The van der Waals surface area contributed by atoms with E-state index in [-0.39, 0.29) is 23.7 Å². The number of amides is 1. The summed E-state index contributed by atoms with van der Waals surface area (Å²) in [6.45, 7) is 0.222. The highest BCUT2D eigenvalue weighted by molar-refractivity contribution is 8.00. The molecule has 0 bridgehead atoms. The summed E-state index contributed by atoms with van der Waals surface area (Å²) in [6.07, 6.45) is 3.30. The summed E-state index contributed by atoms with van der Waals surface area (Å²) in [5.41, 5.74) is 0.851. The minimum atomic E-state index is -0.751. The number of anilines is 1. The number of rotatable bonds is 7. The number of carbonyl (C=O) groups excluding carboxylic acids is 1. The molecule has 158 valence electrons. The third-order valence-electron chi connectivity index (χ3n) is 4.42. The van der Waals surface area contributed by atoms with E-state index in [2.05, 4.69) is 9.97 Å². The summed E-state index contributed by atoms with van der Waals surface area (Å²) in [7, 11) is 1.59. The number of carbonyl (C=O) groups is 1. The number of hydrogen-bond acceptors (Lipinski definition) is 6. The van der Waals surface area contributed by atoms with Crippen molar-refractivity contribution in [3.63, 3.8) is 0 Å². The van der Waals surface area contributed by atoms with Crippen molar-refractivity contribution in [2.45, 2.75) is 11.4 Å². The molecule has 0 fully saturated rings. The lowest BCUT2D eigenvalue weighted by molar-refractivity contribution is -0.116. The number of fused-ring (bicyclic) bond motifs is 1. The second kappa shape index (κ2) is 9.40. The Morgan fingerprint density at radius 2 is 2.00 bits per heavy atom. The fourth-order valence-electron chi connectivity index (χ4n) is 2.89. The van der Waals surface area contributed by atoms with Gasteiger partial charge in [-0.3, -0.25) is 14.7 Å². The fourth-order valence-corrected chi connectivity index (χ4v) is 4.69. The van der Waals surface area contributed by atoms with Gasteiger partial charge in [0.15, 0.2) is 10.9 Å². The Morgan fingerprint density at radius 1 is 1.19 bits per heavy atom. The van der Waals surface area contributed by atoms with Crippen molar-refractivity contribution in [2.75, 3.05) is 17.8 Å². The average molecular weight is 458 g/mol. The zero-order chi connectivity index (χ0) is 21.8. The van der Waals surface area contributed by atoms with Crippen molar-refractivity contribution < 1.29 is 18.3 Å². The summed E-state index contributed by atoms with van der Waals surface area (Å²) in [5, 5.41) is 0.309. The van der Waals surface area contributed by atoms with E-state index in [1.165, 1.54) is 22.7 Å². The van der Waals surface area contributed by atoms with Gasteiger partial charge in [0, 0.05) is 23.4 Å². The van der Waals surface area contributed by atoms with Crippen LogP contribution in [0.3, 0.4) is 0 Å². The largest absolute Gasteiger partial charge is 0.497 e. The summed E-state index contributed by atoms with van der Waals surface area (Å²) in [6, 6.07) is 13.0. The maximum absolute atomic E-state index is 14.2. The van der Waals surface area contributed by atoms with Gasteiger partial charge in [-0.1, -0.05) is 17.4 Å². The first-order valence-corrected chi connectivity index (χ1v) is 11.1. The van der Waals surface area contributed by atoms with Crippen LogP contribution in [0.15, 0.2) is 65.8 Å². The Kier molecular flexibility index (Phi) is 6.43. The highest BCUT2D eigenvalue weighted by Gasteiger charge is 2.22. The number of methoxy groups -OCH3 is 1. The molecule has 1 amide bonds. The van der Waals surface area contributed by atoms with Gasteiger partial charge in [0.2, 0.25) is 5.91 Å². The van der Waals surface area contributed by atoms with E-state index in [0.717, 1.165) is 33.6 Å². The topological polar surface area (TPSA) is 55.3 Å². The summed E-state index contributed by atoms with van der Waals surface area (Å²) >= 11 is 2.45. The van der Waals surface area contributed by atoms with Crippen LogP contribution in [0.2, 0.25) is 0 Å². The first-order valence-electron chi connectivity index (χ1n) is 9.25. The molecule has 0 aliphatic carbocycles. The number of halogens is 2. The van der Waals surface area contributed by atoms with E-state index < -0.39 is 11.6 Å². The maximum atomic E-state index is 14.2. The molecule has 0 saturated carbocycles. The van der Waals surface area contributed by atoms with Crippen molar-refractivity contribution in [1.82, 2.24) is 9.97 Å². The van der Waals surface area contributed by atoms with Gasteiger partial charge in [-0.2, -0.15) is 0 Å². The monoisotopic (exact) mass is 457 g/mol. The van der Waals surface area contributed by atoms with Gasteiger partial charge in [0.05, 0.1) is 24.1 Å². The third-order valence-corrected chi connectivity index (χ3v) is 6.44. The molecule has 2 aromatic carbocycles. The van der Waals surface area contributed by atoms with Crippen molar-refractivity contribution in [1.29, 1.82) is 0 Å². The number of hydrogen-bond donors (Lipinski definition) is 0. The van der Waals surface area contributed by atoms with Crippen molar-refractivity contribution >= 4 is 44.4 Å². The van der Waals surface area contributed by atoms with E-state index in [9.17, 15) is 13.6 Å². The predicted octanol–water partition coefficient (Wildman–Crippen LogP) is 5.30. The number of benzene rings is 2. The number of ether oxygens (including phenoxy) is 1. The zero-order valence-electron chi connectivity index (χ0n) is 16.4. The number of pyridine rings is 1. The number of aromatic nitrogens is 2. The first kappa shape index (κ1) is 21.2. The lowest BCUT2D eigenvalue weighted by atomic mass is 10.2. The third kappa shape index (κ3) is 5.00. The summed E-state index contributed by atoms with van der Waals surface area (Å²) < 4.78 is 33.3. The van der Waals surface area contributed by atoms with Crippen LogP contribution in [0.5, 0.6) is 5.75 Å². The van der Waals surface area contributed by atoms with Crippen molar-refractivity contribution in [3.8, 4) is 5.75 Å². The van der Waals surface area contributed by atoms with Gasteiger partial charge >= 0.3 is 0 Å². The van der Waals surface area contributed by atoms with Crippen molar-refractivity contribution in [3.05, 3.63) is 78.1 Å². The zero-order valence-corrected chi connectivity index (χ0v) is 18.1. The molecule has 0 atom stereocenters. The van der Waals surface area contributed by atoms with Crippen LogP contribution in [0.25, 0.3) is 10.2 Å². The molecule has 0 saturated heterocycles. The Bertz CT molecular complexity index is 1200. The highest BCUT2D eigenvalue weighted by atomic mass is 32.2. The molecule has 4 rings (SSSR count). The predicted molar refractivity (Wildman–Crippen MR) is 119 cm³/mol. The van der Waals surface area contributed by atoms with Crippen LogP contribution in [0.1, 0.15) is 5.56 Å². The minimum Gasteiger partial charge on any atom is -0.497 e. The molecule has 0 aliphatic heterocycles. The second-order valence-corrected chi connectivity index (χ2v) is 8.59. The molecule has 0 N–H and O–H groups in total. The van der Waals surface area contributed by atoms with Crippen molar-refractivity contribution in [2.24, 2.45) is 0 Å².